The highest BCUT2D eigenvalue weighted by Gasteiger charge is 2.25. The Morgan fingerprint density at radius 1 is 0.484 bits per heavy atom. The lowest BCUT2D eigenvalue weighted by molar-refractivity contribution is 0.342. The molecule has 0 aliphatic rings. The Morgan fingerprint density at radius 3 is 1.64 bits per heavy atom. The number of benzene rings is 6. The lowest BCUT2D eigenvalue weighted by Gasteiger charge is -2.27. The van der Waals surface area contributed by atoms with Crippen LogP contribution in [0.4, 0.5) is 4.39 Å². The summed E-state index contributed by atoms with van der Waals surface area (Å²) < 4.78 is 13.2. The minimum absolute atomic E-state index is 0.0976. The van der Waals surface area contributed by atoms with E-state index in [1.54, 1.807) is 0 Å². The fourth-order valence-electron chi connectivity index (χ4n) is 9.63. The van der Waals surface area contributed by atoms with Gasteiger partial charge in [0.15, 0.2) is 0 Å². The van der Waals surface area contributed by atoms with Crippen LogP contribution in [0.3, 0.4) is 0 Å². The SMILES string of the molecule is CCc1cccc2c(C(c3ccccc3C)N(C)C)c[nH]c12.Cc1cccc2[nH]cc(C(c3ccc(F)cc3)N(C)C)c12.Cc1ccccc1C(c1c(C)[nH]c2ccccc12)N(C)C. The van der Waals surface area contributed by atoms with E-state index in [1.165, 1.54) is 95.1 Å². The Hall–Kier alpha value is -6.25. The summed E-state index contributed by atoms with van der Waals surface area (Å²) in [5, 5.41) is 3.90. The first kappa shape index (κ1) is 45.8. The van der Waals surface area contributed by atoms with Crippen molar-refractivity contribution in [2.24, 2.45) is 0 Å². The van der Waals surface area contributed by atoms with Crippen LogP contribution in [0.25, 0.3) is 32.7 Å². The smallest absolute Gasteiger partial charge is 0.123 e. The molecule has 9 rings (SSSR count). The Balaban J connectivity index is 0.000000144. The summed E-state index contributed by atoms with van der Waals surface area (Å²) in [6.45, 7) is 10.9. The highest BCUT2D eigenvalue weighted by Crippen LogP contribution is 2.38. The Kier molecular flexibility index (Phi) is 14.4. The minimum Gasteiger partial charge on any atom is -0.361 e. The maximum Gasteiger partial charge on any atom is 0.123 e. The number of rotatable bonds is 10. The molecule has 0 aliphatic carbocycles. The number of nitrogens with one attached hydrogen (secondary N) is 3. The monoisotopic (exact) mass is 853 g/mol. The van der Waals surface area contributed by atoms with Crippen LogP contribution in [0.2, 0.25) is 0 Å². The van der Waals surface area contributed by atoms with Gasteiger partial charge in [-0.25, -0.2) is 4.39 Å². The van der Waals surface area contributed by atoms with E-state index < -0.39 is 0 Å². The molecule has 330 valence electrons. The first-order valence-electron chi connectivity index (χ1n) is 22.4. The van der Waals surface area contributed by atoms with E-state index in [4.69, 9.17) is 0 Å². The molecule has 0 bridgehead atoms. The summed E-state index contributed by atoms with van der Waals surface area (Å²) in [7, 11) is 12.7. The van der Waals surface area contributed by atoms with E-state index in [1.807, 2.05) is 26.2 Å². The van der Waals surface area contributed by atoms with Gasteiger partial charge < -0.3 is 15.0 Å². The van der Waals surface area contributed by atoms with E-state index in [9.17, 15) is 4.39 Å². The fraction of sp³-hybridized carbons (Fsp3) is 0.263. The molecule has 6 nitrogen and oxygen atoms in total. The van der Waals surface area contributed by atoms with E-state index >= 15 is 0 Å². The molecule has 0 saturated heterocycles. The molecule has 0 aliphatic heterocycles. The van der Waals surface area contributed by atoms with Gasteiger partial charge in [-0.05, 0) is 151 Å². The average Bonchev–Trinajstić information content (AvgIpc) is 3.99. The lowest BCUT2D eigenvalue weighted by atomic mass is 9.92. The third-order valence-corrected chi connectivity index (χ3v) is 12.7. The van der Waals surface area contributed by atoms with Crippen LogP contribution in [0.5, 0.6) is 0 Å². The quantitative estimate of drug-likeness (QED) is 0.128. The molecule has 3 heterocycles. The van der Waals surface area contributed by atoms with Crippen LogP contribution < -0.4 is 0 Å². The number of aromatic nitrogens is 3. The lowest BCUT2D eigenvalue weighted by Crippen LogP contribution is -2.22. The summed E-state index contributed by atoms with van der Waals surface area (Å²) in [6, 6.07) is 46.2. The van der Waals surface area contributed by atoms with Crippen molar-refractivity contribution in [1.82, 2.24) is 29.7 Å². The normalized spacial score (nSPS) is 13.0. The second kappa shape index (κ2) is 20.1. The van der Waals surface area contributed by atoms with Gasteiger partial charge in [0.1, 0.15) is 5.82 Å². The first-order chi connectivity index (χ1) is 30.8. The zero-order valence-corrected chi connectivity index (χ0v) is 39.5. The maximum absolute atomic E-state index is 13.2. The number of aryl methyl sites for hydroxylation is 5. The molecule has 0 saturated carbocycles. The molecule has 0 amide bonds. The molecule has 6 aromatic carbocycles. The van der Waals surface area contributed by atoms with Crippen molar-refractivity contribution in [3.8, 4) is 0 Å². The van der Waals surface area contributed by atoms with Gasteiger partial charge in [-0.15, -0.1) is 0 Å². The largest absolute Gasteiger partial charge is 0.361 e. The molecule has 9 aromatic rings. The topological polar surface area (TPSA) is 57.1 Å². The average molecular weight is 853 g/mol. The van der Waals surface area contributed by atoms with Crippen LogP contribution in [-0.4, -0.2) is 71.9 Å². The van der Waals surface area contributed by atoms with Gasteiger partial charge in [0, 0.05) is 56.4 Å². The minimum atomic E-state index is -0.202. The van der Waals surface area contributed by atoms with Crippen molar-refractivity contribution in [3.05, 3.63) is 213 Å². The third kappa shape index (κ3) is 9.48. The first-order valence-corrected chi connectivity index (χ1v) is 22.4. The van der Waals surface area contributed by atoms with E-state index in [0.717, 1.165) is 17.5 Å². The van der Waals surface area contributed by atoms with Crippen molar-refractivity contribution in [2.75, 3.05) is 42.3 Å². The highest BCUT2D eigenvalue weighted by atomic mass is 19.1. The molecule has 64 heavy (non-hydrogen) atoms. The van der Waals surface area contributed by atoms with E-state index in [2.05, 4.69) is 214 Å². The summed E-state index contributed by atoms with van der Waals surface area (Å²) in [5.41, 5.74) is 18.0. The predicted molar refractivity (Wildman–Crippen MR) is 269 cm³/mol. The molecular formula is C57H65FN6. The summed E-state index contributed by atoms with van der Waals surface area (Å²) in [5.74, 6) is -0.202. The molecule has 3 atom stereocenters. The molecule has 3 aromatic heterocycles. The van der Waals surface area contributed by atoms with Crippen LogP contribution in [0.1, 0.15) is 86.4 Å². The van der Waals surface area contributed by atoms with Crippen molar-refractivity contribution in [1.29, 1.82) is 0 Å². The Bertz CT molecular complexity index is 2950. The van der Waals surface area contributed by atoms with Gasteiger partial charge >= 0.3 is 0 Å². The molecular weight excluding hydrogens is 788 g/mol. The second-order valence-corrected chi connectivity index (χ2v) is 17.8. The van der Waals surface area contributed by atoms with Crippen molar-refractivity contribution < 1.29 is 4.39 Å². The highest BCUT2D eigenvalue weighted by molar-refractivity contribution is 5.88. The van der Waals surface area contributed by atoms with Gasteiger partial charge in [-0.1, -0.05) is 116 Å². The molecule has 0 radical (unpaired) electrons. The van der Waals surface area contributed by atoms with Gasteiger partial charge in [0.25, 0.3) is 0 Å². The second-order valence-electron chi connectivity index (χ2n) is 17.8. The molecule has 3 N–H and O–H groups in total. The predicted octanol–water partition coefficient (Wildman–Crippen LogP) is 13.4. The number of nitrogens with zero attached hydrogens (tertiary/aromatic N) is 3. The molecule has 7 heteroatoms. The van der Waals surface area contributed by atoms with Gasteiger partial charge in [-0.3, -0.25) is 14.7 Å². The number of hydrogen-bond donors (Lipinski definition) is 3. The van der Waals surface area contributed by atoms with Gasteiger partial charge in [0.05, 0.1) is 18.1 Å². The molecule has 0 fully saturated rings. The number of hydrogen-bond acceptors (Lipinski definition) is 3. The van der Waals surface area contributed by atoms with E-state index in [-0.39, 0.29) is 23.9 Å². The summed E-state index contributed by atoms with van der Waals surface area (Å²) in [6.07, 6.45) is 5.29. The standard InChI is InChI=1S/C20H24N2.C19H22N2.C18H19FN2/c1-5-15-10-8-12-17-18(13-21-19(15)17)20(22(3)4)16-11-7-6-9-14(16)2;1-13-9-5-6-10-15(13)19(21(3)4)18-14(2)20-17-12-8-7-11-16(17)18;1-12-5-4-6-16-17(12)15(11-20-16)18(21(2)3)13-7-9-14(19)10-8-13/h6-13,20-21H,5H2,1-4H3;5-12,19-20H,1-4H3;4-11,18,20H,1-3H3. The zero-order valence-electron chi connectivity index (χ0n) is 39.5. The van der Waals surface area contributed by atoms with Gasteiger partial charge in [0.2, 0.25) is 0 Å². The molecule has 0 spiro atoms. The fourth-order valence-corrected chi connectivity index (χ4v) is 9.63. The number of H-pyrrole nitrogens is 3. The maximum atomic E-state index is 13.2. The van der Waals surface area contributed by atoms with Crippen LogP contribution >= 0.6 is 0 Å². The van der Waals surface area contributed by atoms with Crippen molar-refractivity contribution in [3.63, 3.8) is 0 Å². The van der Waals surface area contributed by atoms with E-state index in [0.29, 0.717) is 0 Å². The Morgan fingerprint density at radius 2 is 1.02 bits per heavy atom. The van der Waals surface area contributed by atoms with Crippen LogP contribution in [0, 0.1) is 33.5 Å². The molecule has 3 unspecified atom stereocenters. The summed E-state index contributed by atoms with van der Waals surface area (Å²) in [4.78, 5) is 17.1. The number of fused-ring (bicyclic) bond motifs is 3. The Labute approximate surface area is 379 Å². The third-order valence-electron chi connectivity index (χ3n) is 12.7. The summed E-state index contributed by atoms with van der Waals surface area (Å²) >= 11 is 0. The number of para-hydroxylation sites is 2. The van der Waals surface area contributed by atoms with Crippen LogP contribution in [0.15, 0.2) is 146 Å². The number of aromatic amines is 3. The number of halogens is 1. The van der Waals surface area contributed by atoms with Crippen molar-refractivity contribution in [2.45, 2.75) is 59.2 Å². The van der Waals surface area contributed by atoms with Crippen LogP contribution in [-0.2, 0) is 6.42 Å². The van der Waals surface area contributed by atoms with Gasteiger partial charge in [-0.2, -0.15) is 0 Å². The zero-order chi connectivity index (χ0) is 45.7. The van der Waals surface area contributed by atoms with Crippen molar-refractivity contribution >= 4 is 32.7 Å².